The standard InChI is InChI=1S/C15H19ClN4/c16-13-12(10-17)4-7-19-14(13)20-9-8-18-11-15(20)5-2-1-3-6-15/h4,7,18H,1-3,5-6,8-9,11H2. The first-order valence-electron chi connectivity index (χ1n) is 7.30. The van der Waals surface area contributed by atoms with Gasteiger partial charge in [0.1, 0.15) is 16.9 Å². The molecule has 1 aliphatic heterocycles. The monoisotopic (exact) mass is 290 g/mol. The van der Waals surface area contributed by atoms with Gasteiger partial charge in [0, 0.05) is 25.8 Å². The van der Waals surface area contributed by atoms with Crippen LogP contribution in [0.25, 0.3) is 0 Å². The summed E-state index contributed by atoms with van der Waals surface area (Å²) in [5, 5.41) is 13.2. The predicted octanol–water partition coefficient (Wildman–Crippen LogP) is 2.72. The zero-order chi connectivity index (χ0) is 14.0. The van der Waals surface area contributed by atoms with Crippen molar-refractivity contribution >= 4 is 17.4 Å². The van der Waals surface area contributed by atoms with Crippen LogP contribution in [0.1, 0.15) is 37.7 Å². The van der Waals surface area contributed by atoms with Crippen LogP contribution in [0.15, 0.2) is 12.3 Å². The Kier molecular flexibility index (Phi) is 3.82. The molecule has 2 aliphatic rings. The second-order valence-electron chi connectivity index (χ2n) is 5.72. The van der Waals surface area contributed by atoms with Crippen molar-refractivity contribution in [2.75, 3.05) is 24.5 Å². The molecule has 3 rings (SSSR count). The van der Waals surface area contributed by atoms with Gasteiger partial charge in [0.2, 0.25) is 0 Å². The molecule has 0 atom stereocenters. The second-order valence-corrected chi connectivity index (χ2v) is 6.10. The van der Waals surface area contributed by atoms with Gasteiger partial charge in [-0.1, -0.05) is 30.9 Å². The maximum Gasteiger partial charge on any atom is 0.149 e. The molecule has 4 nitrogen and oxygen atoms in total. The van der Waals surface area contributed by atoms with Crippen LogP contribution in [0.3, 0.4) is 0 Å². The number of hydrogen-bond acceptors (Lipinski definition) is 4. The van der Waals surface area contributed by atoms with E-state index in [2.05, 4.69) is 21.3 Å². The molecule has 2 fully saturated rings. The fourth-order valence-corrected chi connectivity index (χ4v) is 3.79. The molecule has 1 saturated heterocycles. The van der Waals surface area contributed by atoms with Gasteiger partial charge in [0.15, 0.2) is 0 Å². The summed E-state index contributed by atoms with van der Waals surface area (Å²) in [5.41, 5.74) is 0.641. The van der Waals surface area contributed by atoms with Crippen molar-refractivity contribution in [1.82, 2.24) is 10.3 Å². The van der Waals surface area contributed by atoms with Crippen molar-refractivity contribution in [3.05, 3.63) is 22.8 Å². The Morgan fingerprint density at radius 3 is 2.90 bits per heavy atom. The number of hydrogen-bond donors (Lipinski definition) is 1. The molecule has 20 heavy (non-hydrogen) atoms. The Morgan fingerprint density at radius 1 is 1.35 bits per heavy atom. The third-order valence-electron chi connectivity index (χ3n) is 4.57. The van der Waals surface area contributed by atoms with Crippen LogP contribution in [0.2, 0.25) is 5.02 Å². The normalized spacial score (nSPS) is 21.7. The van der Waals surface area contributed by atoms with Gasteiger partial charge in [0.05, 0.1) is 11.1 Å². The van der Waals surface area contributed by atoms with E-state index in [1.807, 2.05) is 0 Å². The van der Waals surface area contributed by atoms with Crippen molar-refractivity contribution in [1.29, 1.82) is 5.26 Å². The fourth-order valence-electron chi connectivity index (χ4n) is 3.54. The van der Waals surface area contributed by atoms with Crippen molar-refractivity contribution < 1.29 is 0 Å². The summed E-state index contributed by atoms with van der Waals surface area (Å²) >= 11 is 6.40. The van der Waals surface area contributed by atoms with Crippen molar-refractivity contribution in [2.45, 2.75) is 37.6 Å². The minimum absolute atomic E-state index is 0.126. The van der Waals surface area contributed by atoms with Crippen LogP contribution >= 0.6 is 11.6 Å². The number of anilines is 1. The van der Waals surface area contributed by atoms with Gasteiger partial charge in [-0.3, -0.25) is 0 Å². The molecule has 0 aromatic carbocycles. The van der Waals surface area contributed by atoms with E-state index in [-0.39, 0.29) is 5.54 Å². The molecule has 0 amide bonds. The summed E-state index contributed by atoms with van der Waals surface area (Å²) in [7, 11) is 0. The molecule has 2 heterocycles. The Morgan fingerprint density at radius 2 is 2.15 bits per heavy atom. The minimum Gasteiger partial charge on any atom is -0.347 e. The summed E-state index contributed by atoms with van der Waals surface area (Å²) in [6.07, 6.45) is 7.87. The molecule has 0 unspecified atom stereocenters. The van der Waals surface area contributed by atoms with E-state index in [1.165, 1.54) is 32.1 Å². The zero-order valence-electron chi connectivity index (χ0n) is 11.5. The van der Waals surface area contributed by atoms with Crippen LogP contribution < -0.4 is 10.2 Å². The largest absolute Gasteiger partial charge is 0.347 e. The van der Waals surface area contributed by atoms with Crippen molar-refractivity contribution in [2.24, 2.45) is 0 Å². The highest BCUT2D eigenvalue weighted by atomic mass is 35.5. The van der Waals surface area contributed by atoms with Gasteiger partial charge in [0.25, 0.3) is 0 Å². The number of nitriles is 1. The van der Waals surface area contributed by atoms with Crippen LogP contribution in [0.4, 0.5) is 5.82 Å². The minimum atomic E-state index is 0.126. The Bertz CT molecular complexity index is 523. The van der Waals surface area contributed by atoms with E-state index < -0.39 is 0 Å². The van der Waals surface area contributed by atoms with E-state index in [1.54, 1.807) is 12.3 Å². The first kappa shape index (κ1) is 13.7. The average Bonchev–Trinajstić information content (AvgIpc) is 2.49. The maximum absolute atomic E-state index is 9.15. The van der Waals surface area contributed by atoms with Gasteiger partial charge >= 0.3 is 0 Å². The second kappa shape index (κ2) is 5.59. The summed E-state index contributed by atoms with van der Waals surface area (Å²) in [6, 6.07) is 3.83. The SMILES string of the molecule is N#Cc1ccnc(N2CCNCC23CCCCC3)c1Cl. The molecular formula is C15H19ClN4. The van der Waals surface area contributed by atoms with E-state index in [9.17, 15) is 0 Å². The average molecular weight is 291 g/mol. The van der Waals surface area contributed by atoms with E-state index >= 15 is 0 Å². The van der Waals surface area contributed by atoms with E-state index in [0.717, 1.165) is 25.5 Å². The summed E-state index contributed by atoms with van der Waals surface area (Å²) in [5.74, 6) is 0.786. The van der Waals surface area contributed by atoms with Crippen LogP contribution in [-0.2, 0) is 0 Å². The highest BCUT2D eigenvalue weighted by Crippen LogP contribution is 2.39. The Labute approximate surface area is 124 Å². The zero-order valence-corrected chi connectivity index (χ0v) is 12.3. The predicted molar refractivity (Wildman–Crippen MR) is 80.0 cm³/mol. The van der Waals surface area contributed by atoms with Gasteiger partial charge in [-0.05, 0) is 18.9 Å². The first-order chi connectivity index (χ1) is 9.77. The summed E-state index contributed by atoms with van der Waals surface area (Å²) in [4.78, 5) is 6.83. The quantitative estimate of drug-likeness (QED) is 0.864. The van der Waals surface area contributed by atoms with Crippen LogP contribution in [-0.4, -0.2) is 30.2 Å². The highest BCUT2D eigenvalue weighted by molar-refractivity contribution is 6.34. The number of aromatic nitrogens is 1. The molecule has 1 aromatic rings. The van der Waals surface area contributed by atoms with Gasteiger partial charge in [-0.25, -0.2) is 4.98 Å². The lowest BCUT2D eigenvalue weighted by Crippen LogP contribution is -2.62. The lowest BCUT2D eigenvalue weighted by molar-refractivity contribution is 0.240. The fraction of sp³-hybridized carbons (Fsp3) is 0.600. The molecule has 0 bridgehead atoms. The molecule has 1 spiro atoms. The highest BCUT2D eigenvalue weighted by Gasteiger charge is 2.41. The number of rotatable bonds is 1. The third kappa shape index (κ3) is 2.25. The number of pyridine rings is 1. The lowest BCUT2D eigenvalue weighted by atomic mass is 9.79. The van der Waals surface area contributed by atoms with Gasteiger partial charge in [-0.2, -0.15) is 5.26 Å². The van der Waals surface area contributed by atoms with Crippen molar-refractivity contribution in [3.8, 4) is 6.07 Å². The van der Waals surface area contributed by atoms with E-state index in [0.29, 0.717) is 10.6 Å². The van der Waals surface area contributed by atoms with Crippen molar-refractivity contribution in [3.63, 3.8) is 0 Å². The maximum atomic E-state index is 9.15. The molecule has 1 aliphatic carbocycles. The molecule has 0 radical (unpaired) electrons. The molecular weight excluding hydrogens is 272 g/mol. The number of nitrogens with one attached hydrogen (secondary N) is 1. The number of halogens is 1. The Balaban J connectivity index is 2.00. The molecule has 106 valence electrons. The first-order valence-corrected chi connectivity index (χ1v) is 7.68. The topological polar surface area (TPSA) is 52.0 Å². The number of nitrogens with zero attached hydrogens (tertiary/aromatic N) is 3. The van der Waals surface area contributed by atoms with Gasteiger partial charge in [-0.15, -0.1) is 0 Å². The van der Waals surface area contributed by atoms with E-state index in [4.69, 9.17) is 16.9 Å². The molecule has 1 N–H and O–H groups in total. The molecule has 1 aromatic heterocycles. The smallest absolute Gasteiger partial charge is 0.149 e. The third-order valence-corrected chi connectivity index (χ3v) is 4.94. The van der Waals surface area contributed by atoms with Crippen LogP contribution in [0.5, 0.6) is 0 Å². The Hall–Kier alpha value is -1.31. The lowest BCUT2D eigenvalue weighted by Gasteiger charge is -2.50. The number of piperazine rings is 1. The van der Waals surface area contributed by atoms with Crippen LogP contribution in [0, 0.1) is 11.3 Å². The molecule has 5 heteroatoms. The van der Waals surface area contributed by atoms with Gasteiger partial charge < -0.3 is 10.2 Å². The summed E-state index contributed by atoms with van der Waals surface area (Å²) in [6.45, 7) is 2.83. The summed E-state index contributed by atoms with van der Waals surface area (Å²) < 4.78 is 0. The molecule has 1 saturated carbocycles.